The van der Waals surface area contributed by atoms with E-state index in [4.69, 9.17) is 5.26 Å². The van der Waals surface area contributed by atoms with E-state index >= 15 is 0 Å². The zero-order valence-electron chi connectivity index (χ0n) is 8.62. The van der Waals surface area contributed by atoms with Gasteiger partial charge in [-0.25, -0.2) is 9.97 Å². The Morgan fingerprint density at radius 1 is 1.18 bits per heavy atom. The molecule has 0 spiro atoms. The molecule has 0 unspecified atom stereocenters. The molecular formula is C11H6N6. The van der Waals surface area contributed by atoms with Crippen molar-refractivity contribution in [2.24, 2.45) is 0 Å². The van der Waals surface area contributed by atoms with Crippen LogP contribution in [-0.4, -0.2) is 25.4 Å². The van der Waals surface area contributed by atoms with Crippen LogP contribution in [0, 0.1) is 11.3 Å². The summed E-state index contributed by atoms with van der Waals surface area (Å²) in [5.41, 5.74) is 2.32. The maximum atomic E-state index is 9.01. The second-order valence-corrected chi connectivity index (χ2v) is 3.38. The Bertz CT molecular complexity index is 724. The van der Waals surface area contributed by atoms with E-state index in [-0.39, 0.29) is 0 Å². The van der Waals surface area contributed by atoms with Gasteiger partial charge in [0.15, 0.2) is 5.82 Å². The van der Waals surface area contributed by atoms with E-state index in [1.807, 2.05) is 6.07 Å². The number of H-pyrrole nitrogens is 1. The molecule has 3 rings (SSSR count). The van der Waals surface area contributed by atoms with Crippen molar-refractivity contribution in [1.82, 2.24) is 25.4 Å². The number of hydrogen-bond donors (Lipinski definition) is 1. The number of benzene rings is 1. The van der Waals surface area contributed by atoms with Gasteiger partial charge in [0.1, 0.15) is 5.52 Å². The molecule has 0 aliphatic rings. The van der Waals surface area contributed by atoms with Gasteiger partial charge in [0.05, 0.1) is 17.8 Å². The molecule has 6 heteroatoms. The lowest BCUT2D eigenvalue weighted by atomic mass is 10.1. The van der Waals surface area contributed by atoms with Crippen LogP contribution in [0.25, 0.3) is 22.6 Å². The fourth-order valence-corrected chi connectivity index (χ4v) is 1.56. The molecule has 0 amide bonds. The zero-order valence-corrected chi connectivity index (χ0v) is 8.62. The highest BCUT2D eigenvalue weighted by Crippen LogP contribution is 2.20. The van der Waals surface area contributed by atoms with E-state index in [0.717, 1.165) is 0 Å². The molecule has 0 radical (unpaired) electrons. The summed E-state index contributed by atoms with van der Waals surface area (Å²) in [5.74, 6) is 0.476. The molecule has 80 valence electrons. The first-order valence-corrected chi connectivity index (χ1v) is 4.91. The molecule has 0 saturated carbocycles. The maximum Gasteiger partial charge on any atom is 0.205 e. The van der Waals surface area contributed by atoms with Crippen molar-refractivity contribution in [3.05, 3.63) is 36.0 Å². The highest BCUT2D eigenvalue weighted by molar-refractivity contribution is 5.72. The van der Waals surface area contributed by atoms with E-state index in [9.17, 15) is 0 Å². The monoisotopic (exact) mass is 222 g/mol. The SMILES string of the molecule is N#Cc1ccccc1-c1ncc2n[nH]nc2n1. The summed E-state index contributed by atoms with van der Waals surface area (Å²) in [7, 11) is 0. The van der Waals surface area contributed by atoms with E-state index in [1.165, 1.54) is 0 Å². The molecule has 0 aliphatic carbocycles. The Morgan fingerprint density at radius 3 is 2.94 bits per heavy atom. The van der Waals surface area contributed by atoms with Crippen molar-refractivity contribution < 1.29 is 0 Å². The largest absolute Gasteiger partial charge is 0.234 e. The van der Waals surface area contributed by atoms with Crippen LogP contribution in [0.2, 0.25) is 0 Å². The summed E-state index contributed by atoms with van der Waals surface area (Å²) in [4.78, 5) is 8.42. The molecule has 3 aromatic rings. The summed E-state index contributed by atoms with van der Waals surface area (Å²) in [5, 5.41) is 19.3. The number of rotatable bonds is 1. The van der Waals surface area contributed by atoms with Crippen LogP contribution in [0.4, 0.5) is 0 Å². The van der Waals surface area contributed by atoms with Gasteiger partial charge in [-0.2, -0.15) is 15.6 Å². The predicted octanol–water partition coefficient (Wildman–Crippen LogP) is 1.29. The standard InChI is InChI=1S/C11H6N6/c12-5-7-3-1-2-4-8(7)10-13-6-9-11(14-10)16-17-15-9/h1-4,6H,(H,13,14,15,16,17). The van der Waals surface area contributed by atoms with Crippen LogP contribution in [-0.2, 0) is 0 Å². The van der Waals surface area contributed by atoms with Gasteiger partial charge in [-0.15, -0.1) is 5.10 Å². The lowest BCUT2D eigenvalue weighted by molar-refractivity contribution is 0.954. The third-order valence-electron chi connectivity index (χ3n) is 2.36. The normalized spacial score (nSPS) is 10.3. The van der Waals surface area contributed by atoms with Crippen LogP contribution in [0.15, 0.2) is 30.5 Å². The fraction of sp³-hybridized carbons (Fsp3) is 0. The van der Waals surface area contributed by atoms with Crippen LogP contribution >= 0.6 is 0 Å². The number of aromatic nitrogens is 5. The number of hydrogen-bond acceptors (Lipinski definition) is 5. The molecule has 0 saturated heterocycles. The number of nitrogens with one attached hydrogen (secondary N) is 1. The molecule has 0 atom stereocenters. The molecule has 2 heterocycles. The molecule has 0 bridgehead atoms. The zero-order chi connectivity index (χ0) is 11.7. The highest BCUT2D eigenvalue weighted by atomic mass is 15.3. The van der Waals surface area contributed by atoms with Gasteiger partial charge < -0.3 is 0 Å². The average Bonchev–Trinajstić information content (AvgIpc) is 2.85. The van der Waals surface area contributed by atoms with Crippen LogP contribution in [0.3, 0.4) is 0 Å². The van der Waals surface area contributed by atoms with Gasteiger partial charge in [-0.3, -0.25) is 0 Å². The second kappa shape index (κ2) is 3.64. The Labute approximate surface area is 96.0 Å². The molecule has 0 fully saturated rings. The molecular weight excluding hydrogens is 216 g/mol. The molecule has 2 aromatic heterocycles. The van der Waals surface area contributed by atoms with Crippen LogP contribution in [0.1, 0.15) is 5.56 Å². The van der Waals surface area contributed by atoms with Gasteiger partial charge in [0.25, 0.3) is 0 Å². The summed E-state index contributed by atoms with van der Waals surface area (Å²) in [6.07, 6.45) is 1.58. The molecule has 1 N–H and O–H groups in total. The number of fused-ring (bicyclic) bond motifs is 1. The van der Waals surface area contributed by atoms with Gasteiger partial charge >= 0.3 is 0 Å². The van der Waals surface area contributed by atoms with Crippen molar-refractivity contribution in [2.75, 3.05) is 0 Å². The second-order valence-electron chi connectivity index (χ2n) is 3.38. The third-order valence-corrected chi connectivity index (χ3v) is 2.36. The van der Waals surface area contributed by atoms with Crippen molar-refractivity contribution >= 4 is 11.2 Å². The topological polar surface area (TPSA) is 91.1 Å². The van der Waals surface area contributed by atoms with Crippen LogP contribution in [0.5, 0.6) is 0 Å². The molecule has 1 aromatic carbocycles. The quantitative estimate of drug-likeness (QED) is 0.669. The first-order chi connectivity index (χ1) is 8.38. The number of nitrogens with zero attached hydrogens (tertiary/aromatic N) is 5. The Morgan fingerprint density at radius 2 is 2.06 bits per heavy atom. The number of nitriles is 1. The maximum absolute atomic E-state index is 9.01. The van der Waals surface area contributed by atoms with E-state index in [1.54, 1.807) is 24.4 Å². The highest BCUT2D eigenvalue weighted by Gasteiger charge is 2.09. The Hall–Kier alpha value is -2.81. The Kier molecular flexibility index (Phi) is 2.02. The molecule has 17 heavy (non-hydrogen) atoms. The summed E-state index contributed by atoms with van der Waals surface area (Å²) in [6.45, 7) is 0. The van der Waals surface area contributed by atoms with Gasteiger partial charge in [0, 0.05) is 5.56 Å². The first kappa shape index (κ1) is 9.42. The van der Waals surface area contributed by atoms with Crippen molar-refractivity contribution in [3.63, 3.8) is 0 Å². The van der Waals surface area contributed by atoms with E-state index < -0.39 is 0 Å². The fourth-order valence-electron chi connectivity index (χ4n) is 1.56. The lowest BCUT2D eigenvalue weighted by Crippen LogP contribution is -1.92. The van der Waals surface area contributed by atoms with Gasteiger partial charge in [0.2, 0.25) is 5.65 Å². The van der Waals surface area contributed by atoms with Gasteiger partial charge in [-0.1, -0.05) is 12.1 Å². The molecule has 0 aliphatic heterocycles. The first-order valence-electron chi connectivity index (χ1n) is 4.91. The lowest BCUT2D eigenvalue weighted by Gasteiger charge is -2.00. The summed E-state index contributed by atoms with van der Waals surface area (Å²) >= 11 is 0. The minimum absolute atomic E-state index is 0.476. The third kappa shape index (κ3) is 1.50. The minimum atomic E-state index is 0.476. The minimum Gasteiger partial charge on any atom is -0.234 e. The Balaban J connectivity index is 2.23. The van der Waals surface area contributed by atoms with Crippen molar-refractivity contribution in [1.29, 1.82) is 5.26 Å². The average molecular weight is 222 g/mol. The van der Waals surface area contributed by atoms with Crippen LogP contribution < -0.4 is 0 Å². The smallest absolute Gasteiger partial charge is 0.205 e. The van der Waals surface area contributed by atoms with E-state index in [2.05, 4.69) is 31.4 Å². The number of aromatic amines is 1. The van der Waals surface area contributed by atoms with Crippen molar-refractivity contribution in [3.8, 4) is 17.5 Å². The molecule has 6 nitrogen and oxygen atoms in total. The summed E-state index contributed by atoms with van der Waals surface area (Å²) < 4.78 is 0. The predicted molar refractivity (Wildman–Crippen MR) is 59.6 cm³/mol. The van der Waals surface area contributed by atoms with E-state index in [0.29, 0.717) is 28.1 Å². The van der Waals surface area contributed by atoms with Gasteiger partial charge in [-0.05, 0) is 12.1 Å². The van der Waals surface area contributed by atoms with Crippen molar-refractivity contribution in [2.45, 2.75) is 0 Å². The summed E-state index contributed by atoms with van der Waals surface area (Å²) in [6, 6.07) is 9.29.